The van der Waals surface area contributed by atoms with Gasteiger partial charge in [-0.3, -0.25) is 0 Å². The van der Waals surface area contributed by atoms with E-state index in [4.69, 9.17) is 22.6 Å². The third kappa shape index (κ3) is 3.09. The highest BCUT2D eigenvalue weighted by atomic mass is 16.5. The van der Waals surface area contributed by atoms with E-state index in [0.29, 0.717) is 11.4 Å². The van der Waals surface area contributed by atoms with Crippen LogP contribution in [0.15, 0.2) is 60.7 Å². The monoisotopic (exact) mass is 340 g/mol. The van der Waals surface area contributed by atoms with Crippen molar-refractivity contribution in [1.82, 2.24) is 0 Å². The van der Waals surface area contributed by atoms with E-state index < -0.39 is 0 Å². The molecule has 3 aromatic rings. The highest BCUT2D eigenvalue weighted by Gasteiger charge is 2.16. The van der Waals surface area contributed by atoms with Gasteiger partial charge in [0.15, 0.2) is 0 Å². The Labute approximate surface area is 152 Å². The average molecular weight is 340 g/mol. The molecular weight excluding hydrogens is 324 g/mol. The topological polar surface area (TPSA) is 27.2 Å². The number of methoxy groups -OCH3 is 2. The first kappa shape index (κ1) is 17.1. The Morgan fingerprint density at radius 2 is 0.923 bits per heavy atom. The molecular formula is C22H16N2O2. The van der Waals surface area contributed by atoms with Crippen molar-refractivity contribution in [3.63, 3.8) is 0 Å². The molecule has 3 rings (SSSR count). The molecule has 0 N–H and O–H groups in total. The smallest absolute Gasteiger partial charge is 0.202 e. The fraction of sp³-hybridized carbons (Fsp3) is 0.0909. The second kappa shape index (κ2) is 7.42. The maximum absolute atomic E-state index is 7.62. The van der Waals surface area contributed by atoms with Crippen LogP contribution in [0.4, 0.5) is 11.4 Å². The van der Waals surface area contributed by atoms with Gasteiger partial charge in [0.05, 0.1) is 27.4 Å². The van der Waals surface area contributed by atoms with Crippen LogP contribution in [0, 0.1) is 13.1 Å². The van der Waals surface area contributed by atoms with Gasteiger partial charge in [0.25, 0.3) is 0 Å². The molecule has 0 unspecified atom stereocenters. The number of nitrogens with zero attached hydrogens (tertiary/aromatic N) is 2. The first-order valence-corrected chi connectivity index (χ1v) is 7.92. The molecule has 0 aliphatic rings. The van der Waals surface area contributed by atoms with Crippen LogP contribution >= 0.6 is 0 Å². The van der Waals surface area contributed by atoms with E-state index in [9.17, 15) is 0 Å². The van der Waals surface area contributed by atoms with Crippen molar-refractivity contribution in [2.75, 3.05) is 14.2 Å². The molecule has 3 aromatic carbocycles. The molecule has 0 bridgehead atoms. The number of hydrogen-bond donors (Lipinski definition) is 0. The SMILES string of the molecule is [C-]#[N+]c1c(-c2ccc(OC)cc2)ccc(-c2ccc(OC)cc2)c1[N+]#[C-]. The summed E-state index contributed by atoms with van der Waals surface area (Å²) in [6, 6.07) is 18.7. The zero-order valence-electron chi connectivity index (χ0n) is 14.5. The lowest BCUT2D eigenvalue weighted by Crippen LogP contribution is -1.86. The first-order chi connectivity index (χ1) is 12.7. The van der Waals surface area contributed by atoms with Gasteiger partial charge in [0.2, 0.25) is 11.4 Å². The summed E-state index contributed by atoms with van der Waals surface area (Å²) in [5, 5.41) is 0. The van der Waals surface area contributed by atoms with Crippen molar-refractivity contribution in [2.45, 2.75) is 0 Å². The van der Waals surface area contributed by atoms with E-state index in [2.05, 4.69) is 9.69 Å². The van der Waals surface area contributed by atoms with Gasteiger partial charge >= 0.3 is 0 Å². The van der Waals surface area contributed by atoms with Gasteiger partial charge in [-0.05, 0) is 46.5 Å². The third-order valence-electron chi connectivity index (χ3n) is 4.18. The Balaban J connectivity index is 2.15. The fourth-order valence-electron chi connectivity index (χ4n) is 2.81. The van der Waals surface area contributed by atoms with E-state index in [1.54, 1.807) is 14.2 Å². The lowest BCUT2D eigenvalue weighted by molar-refractivity contribution is 0.415. The van der Waals surface area contributed by atoms with Gasteiger partial charge in [-0.2, -0.15) is 0 Å². The lowest BCUT2D eigenvalue weighted by atomic mass is 9.96. The molecule has 4 nitrogen and oxygen atoms in total. The summed E-state index contributed by atoms with van der Waals surface area (Å²) in [6.07, 6.45) is 0. The molecule has 0 saturated heterocycles. The van der Waals surface area contributed by atoms with E-state index in [1.807, 2.05) is 60.7 Å². The van der Waals surface area contributed by atoms with Crippen LogP contribution in [0.1, 0.15) is 0 Å². The molecule has 0 aliphatic heterocycles. The molecule has 0 heterocycles. The van der Waals surface area contributed by atoms with Crippen molar-refractivity contribution in [2.24, 2.45) is 0 Å². The predicted octanol–water partition coefficient (Wildman–Crippen LogP) is 6.14. The highest BCUT2D eigenvalue weighted by Crippen LogP contribution is 2.45. The first-order valence-electron chi connectivity index (χ1n) is 7.92. The number of benzene rings is 3. The summed E-state index contributed by atoms with van der Waals surface area (Å²) >= 11 is 0. The number of hydrogen-bond acceptors (Lipinski definition) is 2. The van der Waals surface area contributed by atoms with Crippen molar-refractivity contribution in [1.29, 1.82) is 0 Å². The summed E-state index contributed by atoms with van der Waals surface area (Å²) in [4.78, 5) is 7.32. The normalized spacial score (nSPS) is 9.85. The van der Waals surface area contributed by atoms with Gasteiger partial charge in [0.1, 0.15) is 11.5 Å². The minimum atomic E-state index is 0.360. The van der Waals surface area contributed by atoms with E-state index in [-0.39, 0.29) is 0 Å². The molecule has 0 aliphatic carbocycles. The quantitative estimate of drug-likeness (QED) is 0.533. The summed E-state index contributed by atoms with van der Waals surface area (Å²) in [7, 11) is 3.22. The predicted molar refractivity (Wildman–Crippen MR) is 103 cm³/mol. The largest absolute Gasteiger partial charge is 0.497 e. The zero-order valence-corrected chi connectivity index (χ0v) is 14.5. The summed E-state index contributed by atoms with van der Waals surface area (Å²) < 4.78 is 10.4. The minimum absolute atomic E-state index is 0.360. The minimum Gasteiger partial charge on any atom is -0.497 e. The molecule has 0 atom stereocenters. The Kier molecular flexibility index (Phi) is 4.87. The lowest BCUT2D eigenvalue weighted by Gasteiger charge is -2.12. The van der Waals surface area contributed by atoms with Crippen molar-refractivity contribution in [3.05, 3.63) is 83.5 Å². The Morgan fingerprint density at radius 3 is 1.19 bits per heavy atom. The Bertz CT molecular complexity index is 924. The number of ether oxygens (including phenoxy) is 2. The average Bonchev–Trinajstić information content (AvgIpc) is 2.72. The molecule has 0 aromatic heterocycles. The maximum Gasteiger partial charge on any atom is 0.202 e. The van der Waals surface area contributed by atoms with Gasteiger partial charge in [-0.15, -0.1) is 0 Å². The molecule has 0 fully saturated rings. The second-order valence-electron chi connectivity index (χ2n) is 5.54. The standard InChI is InChI=1S/C22H16N2O2/c1-23-21-19(15-5-9-17(25-3)10-6-15)13-14-20(22(21)24-2)16-7-11-18(26-4)12-8-16/h5-14H,3-4H3. The molecule has 126 valence electrons. The fourth-order valence-corrected chi connectivity index (χ4v) is 2.81. The van der Waals surface area contributed by atoms with Crippen molar-refractivity contribution < 1.29 is 9.47 Å². The van der Waals surface area contributed by atoms with Crippen LogP contribution in [0.5, 0.6) is 11.5 Å². The molecule has 0 saturated carbocycles. The Hall–Kier alpha value is -3.76. The van der Waals surface area contributed by atoms with Gasteiger partial charge in [-0.25, -0.2) is 9.69 Å². The van der Waals surface area contributed by atoms with E-state index >= 15 is 0 Å². The van der Waals surface area contributed by atoms with Crippen LogP contribution in [-0.4, -0.2) is 14.2 Å². The maximum atomic E-state index is 7.62. The van der Waals surface area contributed by atoms with E-state index in [1.165, 1.54) is 0 Å². The Morgan fingerprint density at radius 1 is 0.577 bits per heavy atom. The van der Waals surface area contributed by atoms with Gasteiger partial charge in [-0.1, -0.05) is 36.4 Å². The summed E-state index contributed by atoms with van der Waals surface area (Å²) in [5.41, 5.74) is 3.96. The molecule has 26 heavy (non-hydrogen) atoms. The van der Waals surface area contributed by atoms with Crippen LogP contribution in [-0.2, 0) is 0 Å². The third-order valence-corrected chi connectivity index (χ3v) is 4.18. The number of rotatable bonds is 4. The van der Waals surface area contributed by atoms with Gasteiger partial charge < -0.3 is 9.47 Å². The molecule has 0 spiro atoms. The van der Waals surface area contributed by atoms with Crippen LogP contribution in [0.3, 0.4) is 0 Å². The van der Waals surface area contributed by atoms with Gasteiger partial charge in [0, 0.05) is 0 Å². The molecule has 0 amide bonds. The summed E-state index contributed by atoms with van der Waals surface area (Å²) in [5.74, 6) is 1.50. The zero-order chi connectivity index (χ0) is 18.5. The molecule has 4 heteroatoms. The van der Waals surface area contributed by atoms with Crippen LogP contribution in [0.2, 0.25) is 0 Å². The summed E-state index contributed by atoms with van der Waals surface area (Å²) in [6.45, 7) is 15.2. The van der Waals surface area contributed by atoms with Crippen LogP contribution in [0.25, 0.3) is 31.9 Å². The van der Waals surface area contributed by atoms with Crippen LogP contribution < -0.4 is 9.47 Å². The van der Waals surface area contributed by atoms with Crippen molar-refractivity contribution >= 4 is 11.4 Å². The second-order valence-corrected chi connectivity index (χ2v) is 5.54. The highest BCUT2D eigenvalue weighted by molar-refractivity contribution is 5.97. The van der Waals surface area contributed by atoms with E-state index in [0.717, 1.165) is 33.8 Å². The molecule has 0 radical (unpaired) electrons. The van der Waals surface area contributed by atoms with Crippen molar-refractivity contribution in [3.8, 4) is 33.8 Å².